The SMILES string of the molecule is Cc1cccc(NC(=O)[C@@H](C)N2C(=O)c3cccc4cccc2c34)c1. The fraction of sp³-hybridized carbons (Fsp3) is 0.143. The van der Waals surface area contributed by atoms with Gasteiger partial charge in [0.1, 0.15) is 6.04 Å². The molecule has 1 aliphatic rings. The highest BCUT2D eigenvalue weighted by molar-refractivity contribution is 6.26. The third-order valence-corrected chi connectivity index (χ3v) is 4.64. The molecule has 3 aromatic carbocycles. The maximum absolute atomic E-state index is 12.9. The Morgan fingerprint density at radius 3 is 2.52 bits per heavy atom. The lowest BCUT2D eigenvalue weighted by Crippen LogP contribution is -2.44. The Labute approximate surface area is 146 Å². The molecule has 0 fully saturated rings. The Balaban J connectivity index is 1.67. The van der Waals surface area contributed by atoms with Crippen molar-refractivity contribution >= 4 is 34.0 Å². The lowest BCUT2D eigenvalue weighted by Gasteiger charge is -2.24. The summed E-state index contributed by atoms with van der Waals surface area (Å²) in [5.41, 5.74) is 3.26. The zero-order chi connectivity index (χ0) is 17.6. The van der Waals surface area contributed by atoms with Gasteiger partial charge in [0.15, 0.2) is 0 Å². The van der Waals surface area contributed by atoms with Crippen molar-refractivity contribution in [3.63, 3.8) is 0 Å². The summed E-state index contributed by atoms with van der Waals surface area (Å²) in [6, 6.07) is 18.5. The molecule has 25 heavy (non-hydrogen) atoms. The molecule has 3 aromatic rings. The summed E-state index contributed by atoms with van der Waals surface area (Å²) in [6.45, 7) is 3.73. The van der Waals surface area contributed by atoms with Crippen LogP contribution in [0.2, 0.25) is 0 Å². The second-order valence-electron chi connectivity index (χ2n) is 6.39. The van der Waals surface area contributed by atoms with Gasteiger partial charge in [0.25, 0.3) is 5.91 Å². The molecule has 1 aliphatic heterocycles. The molecule has 124 valence electrons. The van der Waals surface area contributed by atoms with E-state index in [4.69, 9.17) is 0 Å². The first kappa shape index (κ1) is 15.4. The number of carbonyl (C=O) groups excluding carboxylic acids is 2. The van der Waals surface area contributed by atoms with Crippen LogP contribution in [0.15, 0.2) is 60.7 Å². The van der Waals surface area contributed by atoms with Crippen LogP contribution in [0.3, 0.4) is 0 Å². The first-order chi connectivity index (χ1) is 12.1. The fourth-order valence-corrected chi connectivity index (χ4v) is 3.41. The van der Waals surface area contributed by atoms with Crippen molar-refractivity contribution in [2.24, 2.45) is 0 Å². The Morgan fingerprint density at radius 2 is 1.76 bits per heavy atom. The van der Waals surface area contributed by atoms with E-state index in [1.54, 1.807) is 11.8 Å². The number of benzene rings is 3. The molecule has 0 aromatic heterocycles. The highest BCUT2D eigenvalue weighted by atomic mass is 16.2. The molecule has 1 N–H and O–H groups in total. The maximum atomic E-state index is 12.9. The number of nitrogens with zero attached hydrogens (tertiary/aromatic N) is 1. The topological polar surface area (TPSA) is 49.4 Å². The molecule has 0 saturated carbocycles. The van der Waals surface area contributed by atoms with Crippen molar-refractivity contribution in [3.05, 3.63) is 71.8 Å². The number of aryl methyl sites for hydroxylation is 1. The van der Waals surface area contributed by atoms with E-state index in [9.17, 15) is 9.59 Å². The van der Waals surface area contributed by atoms with E-state index in [0.717, 1.165) is 27.7 Å². The summed E-state index contributed by atoms with van der Waals surface area (Å²) in [5, 5.41) is 4.84. The fourth-order valence-electron chi connectivity index (χ4n) is 3.41. The summed E-state index contributed by atoms with van der Waals surface area (Å²) in [6.07, 6.45) is 0. The average molecular weight is 330 g/mol. The van der Waals surface area contributed by atoms with Crippen molar-refractivity contribution in [1.29, 1.82) is 0 Å². The summed E-state index contributed by atoms with van der Waals surface area (Å²) < 4.78 is 0. The number of hydrogen-bond acceptors (Lipinski definition) is 2. The van der Waals surface area contributed by atoms with Gasteiger partial charge in [-0.3, -0.25) is 14.5 Å². The van der Waals surface area contributed by atoms with Gasteiger partial charge in [-0.05, 0) is 49.1 Å². The molecule has 1 heterocycles. The lowest BCUT2D eigenvalue weighted by atomic mass is 10.1. The van der Waals surface area contributed by atoms with Crippen LogP contribution in [-0.2, 0) is 4.79 Å². The van der Waals surface area contributed by atoms with Crippen LogP contribution in [0, 0.1) is 6.92 Å². The second-order valence-corrected chi connectivity index (χ2v) is 6.39. The zero-order valence-corrected chi connectivity index (χ0v) is 14.1. The van der Waals surface area contributed by atoms with Crippen LogP contribution in [0.4, 0.5) is 11.4 Å². The van der Waals surface area contributed by atoms with E-state index in [0.29, 0.717) is 5.56 Å². The molecular formula is C21H18N2O2. The summed E-state index contributed by atoms with van der Waals surface area (Å²) in [5.74, 6) is -0.331. The van der Waals surface area contributed by atoms with Gasteiger partial charge < -0.3 is 5.32 Å². The van der Waals surface area contributed by atoms with Crippen molar-refractivity contribution in [3.8, 4) is 0 Å². The predicted octanol–water partition coefficient (Wildman–Crippen LogP) is 4.14. The molecule has 2 amide bonds. The molecule has 4 heteroatoms. The Morgan fingerprint density at radius 1 is 1.04 bits per heavy atom. The minimum Gasteiger partial charge on any atom is -0.324 e. The summed E-state index contributed by atoms with van der Waals surface area (Å²) in [4.78, 5) is 27.2. The summed E-state index contributed by atoms with van der Waals surface area (Å²) >= 11 is 0. The van der Waals surface area contributed by atoms with E-state index in [2.05, 4.69) is 5.32 Å². The minimum atomic E-state index is -0.606. The van der Waals surface area contributed by atoms with Crippen LogP contribution in [0.1, 0.15) is 22.8 Å². The number of amides is 2. The summed E-state index contributed by atoms with van der Waals surface area (Å²) in [7, 11) is 0. The molecule has 4 nitrogen and oxygen atoms in total. The molecule has 4 rings (SSSR count). The van der Waals surface area contributed by atoms with Gasteiger partial charge in [-0.15, -0.1) is 0 Å². The molecule has 0 aliphatic carbocycles. The van der Waals surface area contributed by atoms with Gasteiger partial charge >= 0.3 is 0 Å². The van der Waals surface area contributed by atoms with E-state index in [1.165, 1.54) is 0 Å². The molecule has 0 spiro atoms. The highest BCUT2D eigenvalue weighted by Gasteiger charge is 2.35. The van der Waals surface area contributed by atoms with Gasteiger partial charge in [-0.1, -0.05) is 36.4 Å². The van der Waals surface area contributed by atoms with Gasteiger partial charge in [-0.2, -0.15) is 0 Å². The van der Waals surface area contributed by atoms with Crippen LogP contribution >= 0.6 is 0 Å². The number of rotatable bonds is 3. The van der Waals surface area contributed by atoms with Crippen LogP contribution in [0.5, 0.6) is 0 Å². The molecular weight excluding hydrogens is 312 g/mol. The Bertz CT molecular complexity index is 1000. The van der Waals surface area contributed by atoms with Gasteiger partial charge in [0.05, 0.1) is 5.69 Å². The molecule has 0 unspecified atom stereocenters. The quantitative estimate of drug-likeness (QED) is 0.785. The predicted molar refractivity (Wildman–Crippen MR) is 100 cm³/mol. The number of hydrogen-bond donors (Lipinski definition) is 1. The minimum absolute atomic E-state index is 0.126. The van der Waals surface area contributed by atoms with E-state index < -0.39 is 6.04 Å². The van der Waals surface area contributed by atoms with Crippen LogP contribution in [-0.4, -0.2) is 17.9 Å². The van der Waals surface area contributed by atoms with Crippen molar-refractivity contribution in [2.75, 3.05) is 10.2 Å². The van der Waals surface area contributed by atoms with Gasteiger partial charge in [0.2, 0.25) is 5.91 Å². The van der Waals surface area contributed by atoms with Crippen LogP contribution < -0.4 is 10.2 Å². The van der Waals surface area contributed by atoms with Crippen LogP contribution in [0.25, 0.3) is 10.8 Å². The van der Waals surface area contributed by atoms with E-state index in [-0.39, 0.29) is 11.8 Å². The number of anilines is 2. The monoisotopic (exact) mass is 330 g/mol. The van der Waals surface area contributed by atoms with E-state index in [1.807, 2.05) is 67.6 Å². The van der Waals surface area contributed by atoms with Crippen molar-refractivity contribution in [2.45, 2.75) is 19.9 Å². The average Bonchev–Trinajstić information content (AvgIpc) is 2.89. The molecule has 0 bridgehead atoms. The molecule has 1 atom stereocenters. The van der Waals surface area contributed by atoms with Gasteiger partial charge in [0, 0.05) is 16.6 Å². The molecule has 0 saturated heterocycles. The Kier molecular flexibility index (Phi) is 3.53. The first-order valence-electron chi connectivity index (χ1n) is 8.29. The largest absolute Gasteiger partial charge is 0.324 e. The third kappa shape index (κ3) is 2.47. The normalized spacial score (nSPS) is 14.0. The molecule has 0 radical (unpaired) electrons. The number of nitrogens with one attached hydrogen (secondary N) is 1. The Hall–Kier alpha value is -3.14. The van der Waals surface area contributed by atoms with Crippen molar-refractivity contribution < 1.29 is 9.59 Å². The smallest absolute Gasteiger partial charge is 0.259 e. The first-order valence-corrected chi connectivity index (χ1v) is 8.29. The highest BCUT2D eigenvalue weighted by Crippen LogP contribution is 2.38. The third-order valence-electron chi connectivity index (χ3n) is 4.64. The van der Waals surface area contributed by atoms with Gasteiger partial charge in [-0.25, -0.2) is 0 Å². The van der Waals surface area contributed by atoms with Crippen molar-refractivity contribution in [1.82, 2.24) is 0 Å². The second kappa shape index (κ2) is 5.74. The maximum Gasteiger partial charge on any atom is 0.259 e. The number of carbonyl (C=O) groups is 2. The van der Waals surface area contributed by atoms with E-state index >= 15 is 0 Å². The lowest BCUT2D eigenvalue weighted by molar-refractivity contribution is -0.117. The zero-order valence-electron chi connectivity index (χ0n) is 14.1. The standard InChI is InChI=1S/C21H18N2O2/c1-13-6-3-9-16(12-13)22-20(24)14(2)23-18-11-5-8-15-7-4-10-17(19(15)18)21(23)25/h3-12,14H,1-2H3,(H,22,24)/t14-/m1/s1.